The van der Waals surface area contributed by atoms with Crippen molar-refractivity contribution in [2.75, 3.05) is 0 Å². The number of ketones is 1. The van der Waals surface area contributed by atoms with Gasteiger partial charge < -0.3 is 0 Å². The Morgan fingerprint density at radius 3 is 2.13 bits per heavy atom. The molecule has 1 aliphatic heterocycles. The van der Waals surface area contributed by atoms with Gasteiger partial charge in [0.15, 0.2) is 0 Å². The molecule has 1 heterocycles. The first-order chi connectivity index (χ1) is 14.6. The van der Waals surface area contributed by atoms with Crippen molar-refractivity contribution in [3.63, 3.8) is 0 Å². The van der Waals surface area contributed by atoms with Gasteiger partial charge in [-0.1, -0.05) is 50.1 Å². The molecule has 0 N–H and O–H groups in total. The van der Waals surface area contributed by atoms with Crippen LogP contribution in [-0.4, -0.2) is 5.78 Å². The monoisotopic (exact) mass is 943 g/mol. The maximum Gasteiger partial charge on any atom is 0.206 e. The van der Waals surface area contributed by atoms with E-state index in [9.17, 15) is 4.79 Å². The molecule has 0 aromatic heterocycles. The highest BCUT2D eigenvalue weighted by molar-refractivity contribution is 9.15. The maximum absolute atomic E-state index is 12.4. The fourth-order valence-electron chi connectivity index (χ4n) is 3.57. The second-order valence-corrected chi connectivity index (χ2v) is 14.3. The van der Waals surface area contributed by atoms with Crippen molar-refractivity contribution in [1.82, 2.24) is 0 Å². The fraction of sp³-hybridized carbons (Fsp3) is 0.150. The Hall–Kier alpha value is 1.74. The smallest absolute Gasteiger partial charge is 0.206 e. The van der Waals surface area contributed by atoms with Crippen LogP contribution in [0.2, 0.25) is 0 Å². The molecular weight excluding hydrogens is 944 g/mol. The Labute approximate surface area is 251 Å². The molecule has 2 aliphatic carbocycles. The number of hydrogen-bond acceptors (Lipinski definition) is 3. The molecule has 0 spiro atoms. The van der Waals surface area contributed by atoms with E-state index >= 15 is 0 Å². The normalized spacial score (nSPS) is 24.1. The Kier molecular flexibility index (Phi) is 8.34. The molecule has 0 saturated heterocycles. The van der Waals surface area contributed by atoms with E-state index in [4.69, 9.17) is 4.18 Å². The second-order valence-electron chi connectivity index (χ2n) is 6.73. The maximum atomic E-state index is 12.4. The number of benzene rings is 1. The van der Waals surface area contributed by atoms with Gasteiger partial charge in [0, 0.05) is 45.9 Å². The molecule has 1 unspecified atom stereocenters. The van der Waals surface area contributed by atoms with Crippen molar-refractivity contribution in [2.45, 2.75) is 16.9 Å². The van der Waals surface area contributed by atoms with E-state index in [0.717, 1.165) is 42.9 Å². The highest BCUT2D eigenvalue weighted by atomic mass is 79.9. The summed E-state index contributed by atoms with van der Waals surface area (Å²) in [7, 11) is 0. The summed E-state index contributed by atoms with van der Waals surface area (Å²) in [5.74, 6) is -0.357. The number of carbonyl (C=O) groups excluding carboxylic acids is 1. The Morgan fingerprint density at radius 2 is 1.48 bits per heavy atom. The molecule has 162 valence electrons. The van der Waals surface area contributed by atoms with Crippen LogP contribution in [-0.2, 0) is 14.6 Å². The average molecular weight is 952 g/mol. The Balaban J connectivity index is 2.07. The van der Waals surface area contributed by atoms with Crippen LogP contribution in [0.1, 0.15) is 12.0 Å². The summed E-state index contributed by atoms with van der Waals surface area (Å²) in [5.41, 5.74) is 1.06. The van der Waals surface area contributed by atoms with Gasteiger partial charge in [-0.2, -0.15) is 0 Å². The summed E-state index contributed by atoms with van der Waals surface area (Å²) >= 11 is 30.4. The van der Waals surface area contributed by atoms with E-state index in [1.807, 2.05) is 18.2 Å². The Bertz CT molecular complexity index is 1160. The summed E-state index contributed by atoms with van der Waals surface area (Å²) < 4.78 is 13.2. The number of Topliss-reactive ketones (excluding diaryl/α,β-unsaturated/α-hetero) is 1. The van der Waals surface area contributed by atoms with Crippen molar-refractivity contribution < 1.29 is 8.98 Å². The van der Waals surface area contributed by atoms with Gasteiger partial charge in [0.2, 0.25) is 5.78 Å². The van der Waals surface area contributed by atoms with E-state index in [0.29, 0.717) is 15.4 Å². The summed E-state index contributed by atoms with van der Waals surface area (Å²) in [5, 5.41) is 0. The van der Waals surface area contributed by atoms with Gasteiger partial charge in [-0.15, -0.1) is 0 Å². The number of rotatable bonds is 2. The highest BCUT2D eigenvalue weighted by Gasteiger charge is 2.52. The van der Waals surface area contributed by atoms with Crippen molar-refractivity contribution >= 4 is 145 Å². The third-order valence-electron chi connectivity index (χ3n) is 4.94. The fourth-order valence-corrected chi connectivity index (χ4v) is 9.96. The van der Waals surface area contributed by atoms with E-state index in [-0.39, 0.29) is 11.7 Å². The van der Waals surface area contributed by atoms with Crippen molar-refractivity contribution in [1.29, 1.82) is 0 Å². The van der Waals surface area contributed by atoms with E-state index < -0.39 is 5.60 Å². The number of hydrogen-bond donors (Lipinski definition) is 0. The summed E-state index contributed by atoms with van der Waals surface area (Å²) in [6.45, 7) is 0. The van der Waals surface area contributed by atoms with Crippen molar-refractivity contribution in [2.24, 2.45) is 5.92 Å². The van der Waals surface area contributed by atoms with Crippen molar-refractivity contribution in [3.05, 3.63) is 77.3 Å². The molecule has 1 aromatic rings. The number of carbonyl (C=O) groups is 1. The summed E-state index contributed by atoms with van der Waals surface area (Å²) in [6.07, 6.45) is 10.8. The van der Waals surface area contributed by atoms with Gasteiger partial charge in [0.05, 0.1) is 13.9 Å². The van der Waals surface area contributed by atoms with Crippen LogP contribution in [0.5, 0.6) is 0 Å². The van der Waals surface area contributed by atoms with Gasteiger partial charge in [0.1, 0.15) is 5.60 Å². The predicted molar refractivity (Wildman–Crippen MR) is 155 cm³/mol. The first-order valence-electron chi connectivity index (χ1n) is 8.53. The first kappa shape index (κ1) is 25.8. The molecule has 11 heteroatoms. The lowest BCUT2D eigenvalue weighted by atomic mass is 9.73. The van der Waals surface area contributed by atoms with Gasteiger partial charge >= 0.3 is 0 Å². The van der Waals surface area contributed by atoms with Crippen molar-refractivity contribution in [3.8, 4) is 0 Å². The zero-order valence-electron chi connectivity index (χ0n) is 14.9. The van der Waals surface area contributed by atoms with Gasteiger partial charge in [0.25, 0.3) is 0 Å². The molecule has 31 heavy (non-hydrogen) atoms. The van der Waals surface area contributed by atoms with E-state index in [1.165, 1.54) is 12.0 Å². The molecule has 0 saturated carbocycles. The van der Waals surface area contributed by atoms with Gasteiger partial charge in [-0.05, 0) is 124 Å². The molecule has 1 aromatic carbocycles. The van der Waals surface area contributed by atoms with Gasteiger partial charge in [-0.25, -0.2) is 0 Å². The van der Waals surface area contributed by atoms with Crippen LogP contribution >= 0.6 is 139 Å². The topological polar surface area (TPSA) is 26.3 Å². The minimum absolute atomic E-state index is 0.0921. The van der Waals surface area contributed by atoms with Gasteiger partial charge in [-0.3, -0.25) is 8.98 Å². The molecule has 3 aliphatic rings. The number of fused-ring (bicyclic) bond motifs is 1. The van der Waals surface area contributed by atoms with Crippen LogP contribution < -0.4 is 0 Å². The third kappa shape index (κ3) is 4.53. The minimum Gasteiger partial charge on any atom is -0.293 e. The van der Waals surface area contributed by atoms with Crippen LogP contribution in [0, 0.1) is 5.92 Å². The lowest BCUT2D eigenvalue weighted by molar-refractivity contribution is -0.111. The van der Waals surface area contributed by atoms with Crippen LogP contribution in [0.15, 0.2) is 76.7 Å². The minimum atomic E-state index is -0.895. The number of allylic oxidation sites excluding steroid dienone is 6. The molecule has 4 rings (SSSR count). The molecule has 0 radical (unpaired) electrons. The third-order valence-corrected chi connectivity index (χ3v) is 13.2. The molecule has 0 bridgehead atoms. The zero-order valence-corrected chi connectivity index (χ0v) is 28.4. The molecule has 2 nitrogen and oxygen atoms in total. The average Bonchev–Trinajstić information content (AvgIpc) is 3.04. The molecule has 0 fully saturated rings. The SMILES string of the molecule is O=C1C(Br)=CC(C2(C3=CCC(Br)=CC(Br)=C3)OSc3c(Br)c(Br)c(Br)c(Br)c32)C=C1Br. The highest BCUT2D eigenvalue weighted by Crippen LogP contribution is 2.62. The lowest BCUT2D eigenvalue weighted by Gasteiger charge is -2.37. The van der Waals surface area contributed by atoms with E-state index in [1.54, 1.807) is 0 Å². The van der Waals surface area contributed by atoms with Crippen LogP contribution in [0.3, 0.4) is 0 Å². The van der Waals surface area contributed by atoms with Crippen LogP contribution in [0.4, 0.5) is 0 Å². The summed E-state index contributed by atoms with van der Waals surface area (Å²) in [4.78, 5) is 13.4. The lowest BCUT2D eigenvalue weighted by Crippen LogP contribution is -2.36. The standard InChI is InChI=1S/C20H8Br8O2S/c21-9-2-1-7(3-10(22)6-9)20(8-4-11(23)18(29)12(24)5-8)13-14(25)15(26)16(27)17(28)19(13)31-30-20/h1,3-6,8H,2H2. The Morgan fingerprint density at radius 1 is 0.871 bits per heavy atom. The molecule has 0 amide bonds. The second kappa shape index (κ2) is 10.0. The summed E-state index contributed by atoms with van der Waals surface area (Å²) in [6, 6.07) is 0. The largest absolute Gasteiger partial charge is 0.293 e. The number of halogens is 8. The van der Waals surface area contributed by atoms with Crippen LogP contribution in [0.25, 0.3) is 0 Å². The predicted octanol–water partition coefficient (Wildman–Crippen LogP) is 10.6. The molecular formula is C20H8Br8O2S. The quantitative estimate of drug-likeness (QED) is 0.168. The molecule has 1 atom stereocenters. The zero-order chi connectivity index (χ0) is 22.7. The van der Waals surface area contributed by atoms with E-state index in [2.05, 4.69) is 140 Å². The first-order valence-corrected chi connectivity index (χ1v) is 15.6.